The van der Waals surface area contributed by atoms with E-state index in [0.717, 1.165) is 0 Å². The lowest BCUT2D eigenvalue weighted by Crippen LogP contribution is -2.34. The molecule has 0 radical (unpaired) electrons. The molecule has 1 atom stereocenters. The van der Waals surface area contributed by atoms with Crippen molar-refractivity contribution >= 4 is 17.6 Å². The van der Waals surface area contributed by atoms with Crippen LogP contribution in [0.25, 0.3) is 0 Å². The highest BCUT2D eigenvalue weighted by Gasteiger charge is 2.42. The van der Waals surface area contributed by atoms with E-state index in [4.69, 9.17) is 0 Å². The minimum atomic E-state index is -0.953. The molecule has 1 unspecified atom stereocenters. The molecule has 1 aliphatic rings. The number of likely N-dealkylation sites (tertiary alicyclic amines) is 1. The number of amides is 1. The average Bonchev–Trinajstić information content (AvgIpc) is 2.81. The maximum atomic E-state index is 12.4. The summed E-state index contributed by atoms with van der Waals surface area (Å²) in [5.41, 5.74) is -0.256. The Bertz CT molecular complexity index is 628. The Morgan fingerprint density at radius 2 is 2.05 bits per heavy atom. The summed E-state index contributed by atoms with van der Waals surface area (Å²) < 4.78 is 0. The number of hydrogen-bond acceptors (Lipinski definition) is 4. The molecule has 1 aliphatic heterocycles. The molecule has 1 saturated heterocycles. The monoisotopic (exact) mass is 292 g/mol. The zero-order valence-corrected chi connectivity index (χ0v) is 11.8. The van der Waals surface area contributed by atoms with Crippen LogP contribution in [0, 0.1) is 22.5 Å². The SMILES string of the molecule is Cc1cc(C(=O)N2CCC(C)(C(=O)O)C2)cc([N+](=O)[O-])c1. The van der Waals surface area contributed by atoms with Crippen molar-refractivity contribution in [3.8, 4) is 0 Å². The van der Waals surface area contributed by atoms with Crippen LogP contribution < -0.4 is 0 Å². The maximum absolute atomic E-state index is 12.4. The number of carboxylic acids is 1. The second-order valence-corrected chi connectivity index (χ2v) is 5.66. The number of aryl methyl sites for hydroxylation is 1. The summed E-state index contributed by atoms with van der Waals surface area (Å²) >= 11 is 0. The molecule has 112 valence electrons. The first-order valence-corrected chi connectivity index (χ1v) is 6.52. The molecule has 1 amide bonds. The second kappa shape index (κ2) is 5.16. The molecule has 7 nitrogen and oxygen atoms in total. The normalized spacial score (nSPS) is 21.3. The van der Waals surface area contributed by atoms with Gasteiger partial charge in [0.15, 0.2) is 0 Å². The number of carboxylic acid groups (broad SMARTS) is 1. The highest BCUT2D eigenvalue weighted by atomic mass is 16.6. The van der Waals surface area contributed by atoms with E-state index in [0.29, 0.717) is 18.5 Å². The summed E-state index contributed by atoms with van der Waals surface area (Å²) in [6, 6.07) is 4.19. The van der Waals surface area contributed by atoms with Crippen molar-refractivity contribution < 1.29 is 19.6 Å². The summed E-state index contributed by atoms with van der Waals surface area (Å²) in [6.07, 6.45) is 0.377. The number of benzene rings is 1. The van der Waals surface area contributed by atoms with Crippen molar-refractivity contribution in [1.82, 2.24) is 4.90 Å². The van der Waals surface area contributed by atoms with Crippen LogP contribution >= 0.6 is 0 Å². The number of nitrogens with zero attached hydrogens (tertiary/aromatic N) is 2. The molecule has 0 aromatic heterocycles. The molecule has 21 heavy (non-hydrogen) atoms. The van der Waals surface area contributed by atoms with Crippen LogP contribution in [0.1, 0.15) is 29.3 Å². The molecule has 1 heterocycles. The van der Waals surface area contributed by atoms with Gasteiger partial charge >= 0.3 is 5.97 Å². The molecule has 0 bridgehead atoms. The highest BCUT2D eigenvalue weighted by Crippen LogP contribution is 2.31. The van der Waals surface area contributed by atoms with Gasteiger partial charge in [-0.05, 0) is 31.9 Å². The van der Waals surface area contributed by atoms with E-state index in [-0.39, 0.29) is 23.7 Å². The maximum Gasteiger partial charge on any atom is 0.311 e. The Morgan fingerprint density at radius 1 is 1.38 bits per heavy atom. The highest BCUT2D eigenvalue weighted by molar-refractivity contribution is 5.95. The van der Waals surface area contributed by atoms with Crippen LogP contribution in [0.5, 0.6) is 0 Å². The number of aliphatic carboxylic acids is 1. The Balaban J connectivity index is 2.26. The second-order valence-electron chi connectivity index (χ2n) is 5.66. The fourth-order valence-corrected chi connectivity index (χ4v) is 2.48. The van der Waals surface area contributed by atoms with Gasteiger partial charge in [0, 0.05) is 30.8 Å². The van der Waals surface area contributed by atoms with Crippen LogP contribution in [0.2, 0.25) is 0 Å². The Morgan fingerprint density at radius 3 is 2.57 bits per heavy atom. The summed E-state index contributed by atoms with van der Waals surface area (Å²) in [5.74, 6) is -1.31. The average molecular weight is 292 g/mol. The van der Waals surface area contributed by atoms with Crippen LogP contribution in [-0.4, -0.2) is 39.9 Å². The van der Waals surface area contributed by atoms with Gasteiger partial charge in [0.1, 0.15) is 0 Å². The first-order chi connectivity index (χ1) is 9.73. The number of rotatable bonds is 3. The zero-order valence-electron chi connectivity index (χ0n) is 11.8. The van der Waals surface area contributed by atoms with Gasteiger partial charge in [-0.1, -0.05) is 0 Å². The molecule has 0 aliphatic carbocycles. The van der Waals surface area contributed by atoms with Crippen molar-refractivity contribution in [1.29, 1.82) is 0 Å². The number of carbonyl (C=O) groups is 2. The summed E-state index contributed by atoms with van der Waals surface area (Å²) in [7, 11) is 0. The fourth-order valence-electron chi connectivity index (χ4n) is 2.48. The third kappa shape index (κ3) is 2.86. The van der Waals surface area contributed by atoms with Crippen LogP contribution in [-0.2, 0) is 4.79 Å². The van der Waals surface area contributed by atoms with Crippen molar-refractivity contribution in [3.05, 3.63) is 39.4 Å². The van der Waals surface area contributed by atoms with E-state index in [9.17, 15) is 24.8 Å². The van der Waals surface area contributed by atoms with Gasteiger partial charge in [-0.15, -0.1) is 0 Å². The number of nitro benzene ring substituents is 1. The first-order valence-electron chi connectivity index (χ1n) is 6.52. The molecule has 7 heteroatoms. The molecule has 1 aromatic rings. The molecular weight excluding hydrogens is 276 g/mol. The summed E-state index contributed by atoms with van der Waals surface area (Å²) in [5, 5.41) is 20.0. The van der Waals surface area contributed by atoms with Gasteiger partial charge in [-0.3, -0.25) is 19.7 Å². The standard InChI is InChI=1S/C14H16N2O5/c1-9-5-10(7-11(6-9)16(20)21)12(17)15-4-3-14(2,8-15)13(18)19/h5-7H,3-4,8H2,1-2H3,(H,18,19). The van der Waals surface area contributed by atoms with Crippen LogP contribution in [0.15, 0.2) is 18.2 Å². The Labute approximate surface area is 121 Å². The Kier molecular flexibility index (Phi) is 3.67. The minimum Gasteiger partial charge on any atom is -0.481 e. The van der Waals surface area contributed by atoms with Gasteiger partial charge in [0.2, 0.25) is 0 Å². The molecule has 0 saturated carbocycles. The van der Waals surface area contributed by atoms with Crippen LogP contribution in [0.3, 0.4) is 0 Å². The third-order valence-corrected chi connectivity index (χ3v) is 3.80. The first kappa shape index (κ1) is 15.0. The largest absolute Gasteiger partial charge is 0.481 e. The Hall–Kier alpha value is -2.44. The smallest absolute Gasteiger partial charge is 0.311 e. The predicted molar refractivity (Wildman–Crippen MR) is 74.1 cm³/mol. The molecular formula is C14H16N2O5. The van der Waals surface area contributed by atoms with Crippen LogP contribution in [0.4, 0.5) is 5.69 Å². The topological polar surface area (TPSA) is 101 Å². The predicted octanol–water partition coefficient (Wildman–Crippen LogP) is 1.84. The summed E-state index contributed by atoms with van der Waals surface area (Å²) in [4.78, 5) is 35.3. The quantitative estimate of drug-likeness (QED) is 0.676. The number of nitro groups is 1. The van der Waals surface area contributed by atoms with E-state index in [1.807, 2.05) is 0 Å². The lowest BCUT2D eigenvalue weighted by atomic mass is 9.90. The van der Waals surface area contributed by atoms with Gasteiger partial charge in [-0.2, -0.15) is 0 Å². The fraction of sp³-hybridized carbons (Fsp3) is 0.429. The summed E-state index contributed by atoms with van der Waals surface area (Å²) in [6.45, 7) is 3.72. The molecule has 1 aromatic carbocycles. The lowest BCUT2D eigenvalue weighted by molar-refractivity contribution is -0.384. The lowest BCUT2D eigenvalue weighted by Gasteiger charge is -2.20. The molecule has 0 spiro atoms. The molecule has 1 N–H and O–H groups in total. The van der Waals surface area contributed by atoms with Gasteiger partial charge in [-0.25, -0.2) is 0 Å². The van der Waals surface area contributed by atoms with Gasteiger partial charge in [0.05, 0.1) is 10.3 Å². The van der Waals surface area contributed by atoms with Gasteiger partial charge < -0.3 is 10.0 Å². The third-order valence-electron chi connectivity index (χ3n) is 3.80. The van der Waals surface area contributed by atoms with E-state index in [2.05, 4.69) is 0 Å². The van der Waals surface area contributed by atoms with Gasteiger partial charge in [0.25, 0.3) is 11.6 Å². The van der Waals surface area contributed by atoms with E-state index >= 15 is 0 Å². The van der Waals surface area contributed by atoms with Crippen molar-refractivity contribution in [2.24, 2.45) is 5.41 Å². The van der Waals surface area contributed by atoms with E-state index < -0.39 is 16.3 Å². The number of non-ortho nitro benzene ring substituents is 1. The minimum absolute atomic E-state index is 0.114. The van der Waals surface area contributed by atoms with Crippen molar-refractivity contribution in [3.63, 3.8) is 0 Å². The van der Waals surface area contributed by atoms with E-state index in [1.165, 1.54) is 17.0 Å². The van der Waals surface area contributed by atoms with Crippen molar-refractivity contribution in [2.75, 3.05) is 13.1 Å². The van der Waals surface area contributed by atoms with E-state index in [1.54, 1.807) is 19.9 Å². The molecule has 1 fully saturated rings. The van der Waals surface area contributed by atoms with Crippen molar-refractivity contribution in [2.45, 2.75) is 20.3 Å². The number of hydrogen-bond donors (Lipinski definition) is 1. The number of carbonyl (C=O) groups excluding carboxylic acids is 1. The zero-order chi connectivity index (χ0) is 15.8. The molecule has 2 rings (SSSR count).